The van der Waals surface area contributed by atoms with E-state index >= 15 is 0 Å². The summed E-state index contributed by atoms with van der Waals surface area (Å²) in [6.07, 6.45) is 2.86. The van der Waals surface area contributed by atoms with Crippen LogP contribution >= 0.6 is 11.3 Å². The Morgan fingerprint density at radius 3 is 2.82 bits per heavy atom. The van der Waals surface area contributed by atoms with Crippen molar-refractivity contribution in [1.29, 1.82) is 0 Å². The van der Waals surface area contributed by atoms with Crippen LogP contribution in [0, 0.1) is 6.92 Å². The minimum absolute atomic E-state index is 0.0274. The van der Waals surface area contributed by atoms with Crippen LogP contribution in [0.1, 0.15) is 22.2 Å². The number of rotatable bonds is 6. The predicted molar refractivity (Wildman–Crippen MR) is 83.9 cm³/mol. The van der Waals surface area contributed by atoms with Gasteiger partial charge in [0.15, 0.2) is 4.96 Å². The summed E-state index contributed by atoms with van der Waals surface area (Å²) in [4.78, 5) is 29.7. The third kappa shape index (κ3) is 3.70. The molecule has 2 aromatic heterocycles. The second kappa shape index (κ2) is 6.55. The highest BCUT2D eigenvalue weighted by atomic mass is 32.2. The Balaban J connectivity index is 2.04. The summed E-state index contributed by atoms with van der Waals surface area (Å²) in [5.41, 5.74) is -0.519. The largest absolute Gasteiger partial charge is 0.350 e. The van der Waals surface area contributed by atoms with E-state index in [1.165, 1.54) is 28.9 Å². The molecule has 0 aliphatic rings. The maximum absolute atomic E-state index is 12.2. The van der Waals surface area contributed by atoms with E-state index < -0.39 is 21.5 Å². The van der Waals surface area contributed by atoms with Crippen LogP contribution in [0.2, 0.25) is 0 Å². The number of aryl methyl sites for hydroxylation is 1. The molecule has 8 nitrogen and oxygen atoms in total. The predicted octanol–water partition coefficient (Wildman–Crippen LogP) is -0.266. The summed E-state index contributed by atoms with van der Waals surface area (Å²) in [6.45, 7) is 3.52. The fourth-order valence-electron chi connectivity index (χ4n) is 1.73. The summed E-state index contributed by atoms with van der Waals surface area (Å²) in [7, 11) is -3.29. The number of fused-ring (bicyclic) bond motifs is 1. The molecule has 0 saturated heterocycles. The van der Waals surface area contributed by atoms with Crippen molar-refractivity contribution in [2.24, 2.45) is 0 Å². The number of hydrogen-bond donors (Lipinski definition) is 2. The topological polar surface area (TPSA) is 110 Å². The molecule has 0 atom stereocenters. The molecular weight excluding hydrogens is 328 g/mol. The van der Waals surface area contributed by atoms with E-state index in [1.807, 2.05) is 6.92 Å². The molecular formula is C12H16N4O4S2. The number of carbonyl (C=O) groups excluding carboxylic acids is 1. The number of hydrogen-bond acceptors (Lipinski definition) is 6. The average Bonchev–Trinajstić information content (AvgIpc) is 2.85. The lowest BCUT2D eigenvalue weighted by Gasteiger charge is -2.06. The number of aromatic nitrogens is 2. The lowest BCUT2D eigenvalue weighted by atomic mass is 10.3. The van der Waals surface area contributed by atoms with Crippen LogP contribution in [-0.2, 0) is 10.0 Å². The van der Waals surface area contributed by atoms with Gasteiger partial charge in [0.05, 0.1) is 5.75 Å². The van der Waals surface area contributed by atoms with Gasteiger partial charge in [-0.1, -0.05) is 0 Å². The first kappa shape index (κ1) is 16.6. The summed E-state index contributed by atoms with van der Waals surface area (Å²) in [5.74, 6) is -0.605. The first-order chi connectivity index (χ1) is 10.3. The fourth-order valence-corrected chi connectivity index (χ4v) is 3.13. The lowest BCUT2D eigenvalue weighted by Crippen LogP contribution is -2.37. The van der Waals surface area contributed by atoms with Crippen LogP contribution < -0.4 is 15.6 Å². The normalized spacial score (nSPS) is 11.7. The van der Waals surface area contributed by atoms with Gasteiger partial charge in [0.1, 0.15) is 5.56 Å². The molecule has 0 aliphatic carbocycles. The van der Waals surface area contributed by atoms with E-state index in [2.05, 4.69) is 15.0 Å². The molecule has 120 valence electrons. The first-order valence-corrected chi connectivity index (χ1v) is 9.04. The number of thiazole rings is 1. The van der Waals surface area contributed by atoms with Crippen molar-refractivity contribution >= 4 is 32.2 Å². The zero-order chi connectivity index (χ0) is 16.3. The van der Waals surface area contributed by atoms with Crippen LogP contribution in [0.5, 0.6) is 0 Å². The SMILES string of the molecule is CCS(=O)(=O)NCCNC(=O)c1cnc2sc(C)cn2c1=O. The molecule has 0 bridgehead atoms. The lowest BCUT2D eigenvalue weighted by molar-refractivity contribution is 0.0952. The van der Waals surface area contributed by atoms with Gasteiger partial charge in [-0.05, 0) is 13.8 Å². The zero-order valence-corrected chi connectivity index (χ0v) is 13.8. The van der Waals surface area contributed by atoms with E-state index in [-0.39, 0.29) is 24.4 Å². The Bertz CT molecular complexity index is 854. The van der Waals surface area contributed by atoms with Crippen molar-refractivity contribution < 1.29 is 13.2 Å². The quantitative estimate of drug-likeness (QED) is 0.701. The van der Waals surface area contributed by atoms with E-state index in [9.17, 15) is 18.0 Å². The van der Waals surface area contributed by atoms with Gasteiger partial charge in [-0.2, -0.15) is 0 Å². The second-order valence-electron chi connectivity index (χ2n) is 4.53. The average molecular weight is 344 g/mol. The molecule has 2 rings (SSSR count). The van der Waals surface area contributed by atoms with Crippen molar-refractivity contribution in [3.63, 3.8) is 0 Å². The molecule has 0 aliphatic heterocycles. The third-order valence-electron chi connectivity index (χ3n) is 2.88. The molecule has 2 heterocycles. The highest BCUT2D eigenvalue weighted by Gasteiger charge is 2.14. The van der Waals surface area contributed by atoms with Gasteiger partial charge in [-0.15, -0.1) is 11.3 Å². The Morgan fingerprint density at radius 1 is 1.41 bits per heavy atom. The molecule has 0 unspecified atom stereocenters. The molecule has 0 fully saturated rings. The van der Waals surface area contributed by atoms with E-state index in [1.54, 1.807) is 6.20 Å². The van der Waals surface area contributed by atoms with Crippen LogP contribution in [0.15, 0.2) is 17.2 Å². The Morgan fingerprint density at radius 2 is 2.14 bits per heavy atom. The highest BCUT2D eigenvalue weighted by molar-refractivity contribution is 7.89. The fraction of sp³-hybridized carbons (Fsp3) is 0.417. The van der Waals surface area contributed by atoms with Crippen molar-refractivity contribution in [2.45, 2.75) is 13.8 Å². The molecule has 22 heavy (non-hydrogen) atoms. The summed E-state index contributed by atoms with van der Waals surface area (Å²) in [6, 6.07) is 0. The molecule has 1 amide bonds. The maximum Gasteiger partial charge on any atom is 0.271 e. The van der Waals surface area contributed by atoms with Gasteiger partial charge in [0.2, 0.25) is 10.0 Å². The van der Waals surface area contributed by atoms with E-state index in [0.717, 1.165) is 4.88 Å². The van der Waals surface area contributed by atoms with Gasteiger partial charge in [-0.25, -0.2) is 18.1 Å². The maximum atomic E-state index is 12.2. The summed E-state index contributed by atoms with van der Waals surface area (Å²) < 4.78 is 26.1. The minimum atomic E-state index is -3.29. The number of nitrogens with zero attached hydrogens (tertiary/aromatic N) is 2. The third-order valence-corrected chi connectivity index (χ3v) is 5.20. The van der Waals surface area contributed by atoms with Gasteiger partial charge >= 0.3 is 0 Å². The zero-order valence-electron chi connectivity index (χ0n) is 12.1. The minimum Gasteiger partial charge on any atom is -0.350 e. The summed E-state index contributed by atoms with van der Waals surface area (Å²) in [5, 5.41) is 2.49. The van der Waals surface area contributed by atoms with Crippen molar-refractivity contribution in [3.05, 3.63) is 33.2 Å². The molecule has 0 spiro atoms. The summed E-state index contributed by atoms with van der Waals surface area (Å²) >= 11 is 1.36. The van der Waals surface area contributed by atoms with Crippen molar-refractivity contribution in [2.75, 3.05) is 18.8 Å². The Hall–Kier alpha value is -1.78. The Kier molecular flexibility index (Phi) is 4.94. The molecule has 0 saturated carbocycles. The van der Waals surface area contributed by atoms with Crippen LogP contribution in [0.3, 0.4) is 0 Å². The molecule has 0 aromatic carbocycles. The smallest absolute Gasteiger partial charge is 0.271 e. The van der Waals surface area contributed by atoms with E-state index in [0.29, 0.717) is 4.96 Å². The van der Waals surface area contributed by atoms with Gasteiger partial charge in [-0.3, -0.25) is 14.0 Å². The molecule has 0 radical (unpaired) electrons. The van der Waals surface area contributed by atoms with Gasteiger partial charge in [0, 0.05) is 30.4 Å². The standard InChI is InChI=1S/C12H16N4O4S2/c1-3-22(19,20)15-5-4-13-10(17)9-6-14-12-16(11(9)18)7-8(2)21-12/h6-7,15H,3-5H2,1-2H3,(H,13,17). The number of nitrogens with one attached hydrogen (secondary N) is 2. The highest BCUT2D eigenvalue weighted by Crippen LogP contribution is 2.12. The van der Waals surface area contributed by atoms with Gasteiger partial charge < -0.3 is 5.32 Å². The van der Waals surface area contributed by atoms with Crippen LogP contribution in [-0.4, -0.2) is 42.6 Å². The first-order valence-electron chi connectivity index (χ1n) is 6.57. The monoisotopic (exact) mass is 344 g/mol. The van der Waals surface area contributed by atoms with Crippen molar-refractivity contribution in [1.82, 2.24) is 19.4 Å². The van der Waals surface area contributed by atoms with Crippen molar-refractivity contribution in [3.8, 4) is 0 Å². The van der Waals surface area contributed by atoms with Gasteiger partial charge in [0.25, 0.3) is 11.5 Å². The molecule has 2 N–H and O–H groups in total. The number of sulfonamides is 1. The molecule has 2 aromatic rings. The second-order valence-corrected chi connectivity index (χ2v) is 7.83. The molecule has 10 heteroatoms. The Labute approximate surface area is 131 Å². The van der Waals surface area contributed by atoms with E-state index in [4.69, 9.17) is 0 Å². The van der Waals surface area contributed by atoms with Crippen LogP contribution in [0.4, 0.5) is 0 Å². The number of amides is 1. The number of carbonyl (C=O) groups is 1. The van der Waals surface area contributed by atoms with Crippen LogP contribution in [0.25, 0.3) is 4.96 Å².